The Bertz CT molecular complexity index is 1410. The number of benzene rings is 4. The van der Waals surface area contributed by atoms with Crippen LogP contribution in [0.1, 0.15) is 59.4 Å². The fraction of sp³-hybridized carbons (Fsp3) is 0.189. The molecule has 0 radical (unpaired) electrons. The molecule has 0 amide bonds. The van der Waals surface area contributed by atoms with Gasteiger partial charge in [-0.3, -0.25) is 0 Å². The van der Waals surface area contributed by atoms with Crippen LogP contribution in [0.2, 0.25) is 0 Å². The molecular weight excluding hydrogens is 504 g/mol. The largest absolute Gasteiger partial charge is 0.469 e. The first-order valence-electron chi connectivity index (χ1n) is 14.1. The average molecular weight is 539 g/mol. The van der Waals surface area contributed by atoms with Crippen LogP contribution in [0, 0.1) is 5.41 Å². The van der Waals surface area contributed by atoms with E-state index in [0.29, 0.717) is 24.6 Å². The van der Waals surface area contributed by atoms with E-state index in [1.165, 1.54) is 0 Å². The van der Waals surface area contributed by atoms with Gasteiger partial charge in [-0.25, -0.2) is 9.98 Å². The lowest BCUT2D eigenvalue weighted by molar-refractivity contribution is 0.155. The van der Waals surface area contributed by atoms with Crippen molar-refractivity contribution in [2.75, 3.05) is 0 Å². The van der Waals surface area contributed by atoms with Crippen LogP contribution in [0.15, 0.2) is 157 Å². The smallest absolute Gasteiger partial charge is 0.201 e. The molecule has 4 aromatic carbocycles. The second-order valence-corrected chi connectivity index (χ2v) is 10.5. The molecule has 41 heavy (non-hydrogen) atoms. The average Bonchev–Trinajstić information content (AvgIpc) is 3.69. The fourth-order valence-electron chi connectivity index (χ4n) is 5.89. The highest BCUT2D eigenvalue weighted by Gasteiger charge is 2.51. The Morgan fingerprint density at radius 2 is 0.829 bits per heavy atom. The van der Waals surface area contributed by atoms with E-state index in [2.05, 4.69) is 61.7 Å². The van der Waals surface area contributed by atoms with Gasteiger partial charge in [-0.05, 0) is 35.1 Å². The first-order valence-corrected chi connectivity index (χ1v) is 14.1. The zero-order valence-corrected chi connectivity index (χ0v) is 23.1. The zero-order valence-electron chi connectivity index (χ0n) is 23.1. The Balaban J connectivity index is 1.47. The molecule has 0 aliphatic carbocycles. The predicted octanol–water partition coefficient (Wildman–Crippen LogP) is 8.95. The van der Waals surface area contributed by atoms with E-state index in [1.807, 2.05) is 84.9 Å². The van der Waals surface area contributed by atoms with Crippen molar-refractivity contribution in [3.05, 3.63) is 169 Å². The maximum Gasteiger partial charge on any atom is 0.201 e. The molecule has 6 rings (SSSR count). The fourth-order valence-corrected chi connectivity index (χ4v) is 5.89. The Morgan fingerprint density at radius 1 is 0.512 bits per heavy atom. The third-order valence-electron chi connectivity index (χ3n) is 7.91. The molecule has 0 saturated heterocycles. The first-order chi connectivity index (χ1) is 20.2. The number of hydrogen-bond donors (Lipinski definition) is 0. The highest BCUT2D eigenvalue weighted by atomic mass is 16.5. The standard InChI is InChI=1S/C37H34N2O2/c1-3-25-37(26-4-2,35-38-31(27-17-9-5-10-18-27)33(40-35)29-21-13-7-14-22-29)36-39-32(28-19-11-6-12-20-28)34(41-36)30-23-15-8-16-24-30/h3-24,31-34H,1-2,25-26H2/t31-,32?,33+,34+/m1/s1. The Labute approximate surface area is 242 Å². The summed E-state index contributed by atoms with van der Waals surface area (Å²) in [5, 5.41) is 0. The van der Waals surface area contributed by atoms with Crippen LogP contribution < -0.4 is 0 Å². The van der Waals surface area contributed by atoms with Crippen LogP contribution in [0.3, 0.4) is 0 Å². The lowest BCUT2D eigenvalue weighted by Crippen LogP contribution is -2.40. The van der Waals surface area contributed by atoms with E-state index in [-0.39, 0.29) is 24.3 Å². The van der Waals surface area contributed by atoms with Gasteiger partial charge in [-0.2, -0.15) is 0 Å². The Kier molecular flexibility index (Phi) is 7.64. The minimum atomic E-state index is -0.781. The van der Waals surface area contributed by atoms with Crippen molar-refractivity contribution in [1.29, 1.82) is 0 Å². The van der Waals surface area contributed by atoms with E-state index in [0.717, 1.165) is 22.3 Å². The molecule has 1 unspecified atom stereocenters. The highest BCUT2D eigenvalue weighted by Crippen LogP contribution is 2.50. The van der Waals surface area contributed by atoms with Gasteiger partial charge in [-0.15, -0.1) is 13.2 Å². The number of aliphatic imine (C=N–C) groups is 2. The summed E-state index contributed by atoms with van der Waals surface area (Å²) < 4.78 is 13.7. The van der Waals surface area contributed by atoms with Crippen molar-refractivity contribution in [2.45, 2.75) is 37.1 Å². The molecule has 2 aliphatic heterocycles. The summed E-state index contributed by atoms with van der Waals surface area (Å²) in [7, 11) is 0. The van der Waals surface area contributed by atoms with Crippen molar-refractivity contribution < 1.29 is 9.47 Å². The molecule has 0 spiro atoms. The number of allylic oxidation sites excluding steroid dienone is 2. The minimum Gasteiger partial charge on any atom is -0.469 e. The van der Waals surface area contributed by atoms with E-state index < -0.39 is 5.41 Å². The highest BCUT2D eigenvalue weighted by molar-refractivity contribution is 6.07. The molecule has 4 nitrogen and oxygen atoms in total. The van der Waals surface area contributed by atoms with Gasteiger partial charge in [-0.1, -0.05) is 133 Å². The maximum absolute atomic E-state index is 6.87. The topological polar surface area (TPSA) is 43.2 Å². The van der Waals surface area contributed by atoms with Crippen molar-refractivity contribution in [3.8, 4) is 0 Å². The van der Waals surface area contributed by atoms with Crippen LogP contribution in [0.4, 0.5) is 0 Å². The van der Waals surface area contributed by atoms with E-state index >= 15 is 0 Å². The molecule has 4 heteroatoms. The van der Waals surface area contributed by atoms with Gasteiger partial charge in [0.1, 0.15) is 17.5 Å². The summed E-state index contributed by atoms with van der Waals surface area (Å²) in [6.07, 6.45) is 4.34. The summed E-state index contributed by atoms with van der Waals surface area (Å²) in [6, 6.07) is 40.9. The van der Waals surface area contributed by atoms with E-state index in [1.54, 1.807) is 0 Å². The lowest BCUT2D eigenvalue weighted by Gasteiger charge is -2.31. The molecule has 4 aromatic rings. The van der Waals surface area contributed by atoms with Gasteiger partial charge in [0.05, 0.1) is 0 Å². The van der Waals surface area contributed by atoms with Crippen molar-refractivity contribution >= 4 is 11.8 Å². The molecule has 2 aliphatic rings. The number of ether oxygens (including phenoxy) is 2. The molecule has 204 valence electrons. The summed E-state index contributed by atoms with van der Waals surface area (Å²) in [4.78, 5) is 10.6. The lowest BCUT2D eigenvalue weighted by atomic mass is 9.80. The molecule has 0 bridgehead atoms. The van der Waals surface area contributed by atoms with E-state index in [4.69, 9.17) is 19.5 Å². The van der Waals surface area contributed by atoms with Gasteiger partial charge in [0.2, 0.25) is 11.8 Å². The molecule has 0 N–H and O–H groups in total. The monoisotopic (exact) mass is 538 g/mol. The summed E-state index contributed by atoms with van der Waals surface area (Å²) in [5.74, 6) is 1.22. The molecule has 2 heterocycles. The molecule has 0 saturated carbocycles. The van der Waals surface area contributed by atoms with Gasteiger partial charge < -0.3 is 9.47 Å². The second kappa shape index (κ2) is 11.8. The maximum atomic E-state index is 6.87. The second-order valence-electron chi connectivity index (χ2n) is 10.5. The summed E-state index contributed by atoms with van der Waals surface area (Å²) in [6.45, 7) is 8.25. The van der Waals surface area contributed by atoms with Crippen LogP contribution in [0.25, 0.3) is 0 Å². The Hall–Kier alpha value is -4.70. The van der Waals surface area contributed by atoms with Gasteiger partial charge >= 0.3 is 0 Å². The van der Waals surface area contributed by atoms with Gasteiger partial charge in [0.15, 0.2) is 12.2 Å². The van der Waals surface area contributed by atoms with Crippen molar-refractivity contribution in [2.24, 2.45) is 15.4 Å². The third kappa shape index (κ3) is 5.14. The van der Waals surface area contributed by atoms with Gasteiger partial charge in [0.25, 0.3) is 0 Å². The first kappa shape index (κ1) is 26.5. The SMILES string of the molecule is C=CCC(CC=C)(C1=NC(c2ccccc2)[C@H](c2ccccc2)O1)C1=N[C@H](c2ccccc2)[C@H](c2ccccc2)O1. The zero-order chi connectivity index (χ0) is 28.1. The van der Waals surface area contributed by atoms with Crippen molar-refractivity contribution in [1.82, 2.24) is 0 Å². The number of rotatable bonds is 10. The third-order valence-corrected chi connectivity index (χ3v) is 7.91. The molecule has 4 atom stereocenters. The van der Waals surface area contributed by atoms with Crippen molar-refractivity contribution in [3.63, 3.8) is 0 Å². The molecular formula is C37H34N2O2. The number of nitrogens with zero attached hydrogens (tertiary/aromatic N) is 2. The predicted molar refractivity (Wildman–Crippen MR) is 166 cm³/mol. The Morgan fingerprint density at radius 3 is 1.15 bits per heavy atom. The summed E-state index contributed by atoms with van der Waals surface area (Å²) >= 11 is 0. The minimum absolute atomic E-state index is 0.209. The summed E-state index contributed by atoms with van der Waals surface area (Å²) in [5.41, 5.74) is 3.56. The van der Waals surface area contributed by atoms with Crippen LogP contribution in [-0.4, -0.2) is 11.8 Å². The van der Waals surface area contributed by atoms with Crippen LogP contribution >= 0.6 is 0 Å². The molecule has 0 fully saturated rings. The molecule has 0 aromatic heterocycles. The van der Waals surface area contributed by atoms with Gasteiger partial charge in [0, 0.05) is 0 Å². The number of hydrogen-bond acceptors (Lipinski definition) is 4. The normalized spacial score (nSPS) is 21.8. The van der Waals surface area contributed by atoms with Crippen LogP contribution in [-0.2, 0) is 9.47 Å². The quantitative estimate of drug-likeness (QED) is 0.189. The van der Waals surface area contributed by atoms with E-state index in [9.17, 15) is 0 Å². The van der Waals surface area contributed by atoms with Crippen LogP contribution in [0.5, 0.6) is 0 Å².